The third kappa shape index (κ3) is 2.64. The number of nitrogens with zero attached hydrogens (tertiary/aromatic N) is 1. The quantitative estimate of drug-likeness (QED) is 0.884. The van der Waals surface area contributed by atoms with E-state index < -0.39 is 0 Å². The van der Waals surface area contributed by atoms with Gasteiger partial charge in [-0.3, -0.25) is 4.79 Å². The number of oxazole rings is 1. The van der Waals surface area contributed by atoms with E-state index in [2.05, 4.69) is 10.3 Å². The number of nitrogens with one attached hydrogen (secondary N) is 1. The Morgan fingerprint density at radius 3 is 2.94 bits per heavy atom. The highest BCUT2D eigenvalue weighted by molar-refractivity contribution is 5.78. The second-order valence-corrected chi connectivity index (χ2v) is 4.41. The molecule has 0 saturated heterocycles. The van der Waals surface area contributed by atoms with Gasteiger partial charge in [0.15, 0.2) is 11.5 Å². The summed E-state index contributed by atoms with van der Waals surface area (Å²) in [6.45, 7) is 6.10. The van der Waals surface area contributed by atoms with Crippen molar-refractivity contribution in [2.45, 2.75) is 27.3 Å². The zero-order valence-electron chi connectivity index (χ0n) is 10.3. The van der Waals surface area contributed by atoms with E-state index >= 15 is 0 Å². The second kappa shape index (κ2) is 4.57. The molecule has 1 aromatic carbocycles. The predicted molar refractivity (Wildman–Crippen MR) is 65.4 cm³/mol. The summed E-state index contributed by atoms with van der Waals surface area (Å²) in [5.74, 6) is 0.720. The average Bonchev–Trinajstić information content (AvgIpc) is 2.64. The van der Waals surface area contributed by atoms with Crippen LogP contribution >= 0.6 is 0 Å². The number of amides is 1. The number of hydrogen-bond donors (Lipinski definition) is 1. The van der Waals surface area contributed by atoms with Crippen LogP contribution in [0.5, 0.6) is 0 Å². The molecule has 0 fully saturated rings. The fraction of sp³-hybridized carbons (Fsp3) is 0.385. The smallest absolute Gasteiger partial charge is 0.222 e. The summed E-state index contributed by atoms with van der Waals surface area (Å²) < 4.78 is 5.39. The zero-order chi connectivity index (χ0) is 12.4. The number of aryl methyl sites for hydroxylation is 1. The average molecular weight is 232 g/mol. The predicted octanol–water partition coefficient (Wildman–Crippen LogP) is 2.41. The van der Waals surface area contributed by atoms with Gasteiger partial charge < -0.3 is 9.73 Å². The number of fused-ring (bicyclic) bond motifs is 1. The molecule has 4 heteroatoms. The van der Waals surface area contributed by atoms with Gasteiger partial charge in [0.05, 0.1) is 0 Å². The minimum absolute atomic E-state index is 0.00743. The molecule has 1 heterocycles. The molecule has 0 aliphatic heterocycles. The van der Waals surface area contributed by atoms with Gasteiger partial charge in [0.25, 0.3) is 0 Å². The van der Waals surface area contributed by atoms with Crippen LogP contribution in [0.25, 0.3) is 11.1 Å². The van der Waals surface area contributed by atoms with Gasteiger partial charge >= 0.3 is 0 Å². The lowest BCUT2D eigenvalue weighted by Crippen LogP contribution is -2.27. The van der Waals surface area contributed by atoms with Crippen molar-refractivity contribution in [3.05, 3.63) is 29.7 Å². The molecule has 0 aliphatic carbocycles. The number of aromatic nitrogens is 1. The van der Waals surface area contributed by atoms with Crippen LogP contribution in [0.1, 0.15) is 25.3 Å². The molecule has 2 aromatic rings. The van der Waals surface area contributed by atoms with E-state index in [4.69, 9.17) is 4.42 Å². The summed E-state index contributed by atoms with van der Waals surface area (Å²) in [5, 5.41) is 2.87. The summed E-state index contributed by atoms with van der Waals surface area (Å²) in [7, 11) is 0. The van der Waals surface area contributed by atoms with Crippen molar-refractivity contribution in [3.63, 3.8) is 0 Å². The summed E-state index contributed by atoms with van der Waals surface area (Å²) in [6.07, 6.45) is 0. The van der Waals surface area contributed by atoms with Crippen LogP contribution in [0.4, 0.5) is 0 Å². The minimum atomic E-state index is 0.00743. The maximum atomic E-state index is 11.4. The molecule has 0 saturated carbocycles. The van der Waals surface area contributed by atoms with Crippen molar-refractivity contribution in [1.82, 2.24) is 10.3 Å². The van der Waals surface area contributed by atoms with Crippen LogP contribution < -0.4 is 5.32 Å². The van der Waals surface area contributed by atoms with E-state index in [1.165, 1.54) is 0 Å². The van der Waals surface area contributed by atoms with Gasteiger partial charge in [-0.15, -0.1) is 0 Å². The SMILES string of the molecule is Cc1nc2cc(CNC(=O)C(C)C)ccc2o1. The van der Waals surface area contributed by atoms with Gasteiger partial charge in [0, 0.05) is 19.4 Å². The van der Waals surface area contributed by atoms with Crippen molar-refractivity contribution in [2.24, 2.45) is 5.92 Å². The Morgan fingerprint density at radius 1 is 1.47 bits per heavy atom. The standard InChI is InChI=1S/C13H16N2O2/c1-8(2)13(16)14-7-10-4-5-12-11(6-10)15-9(3)17-12/h4-6,8H,7H2,1-3H3,(H,14,16). The van der Waals surface area contributed by atoms with Crippen molar-refractivity contribution < 1.29 is 9.21 Å². The Labute approximate surface area is 100 Å². The van der Waals surface area contributed by atoms with Crippen molar-refractivity contribution in [2.75, 3.05) is 0 Å². The minimum Gasteiger partial charge on any atom is -0.441 e. The van der Waals surface area contributed by atoms with Gasteiger partial charge in [-0.2, -0.15) is 0 Å². The van der Waals surface area contributed by atoms with Crippen LogP contribution in [0.2, 0.25) is 0 Å². The maximum Gasteiger partial charge on any atom is 0.222 e. The zero-order valence-corrected chi connectivity index (χ0v) is 10.3. The maximum absolute atomic E-state index is 11.4. The van der Waals surface area contributed by atoms with E-state index in [9.17, 15) is 4.79 Å². The van der Waals surface area contributed by atoms with Gasteiger partial charge in [-0.05, 0) is 17.7 Å². The van der Waals surface area contributed by atoms with E-state index in [1.807, 2.05) is 39.0 Å². The number of rotatable bonds is 3. The molecule has 1 N–H and O–H groups in total. The fourth-order valence-electron chi connectivity index (χ4n) is 1.59. The van der Waals surface area contributed by atoms with Crippen LogP contribution in [0.3, 0.4) is 0 Å². The Balaban J connectivity index is 2.11. The van der Waals surface area contributed by atoms with Crippen LogP contribution in [-0.4, -0.2) is 10.9 Å². The highest BCUT2D eigenvalue weighted by atomic mass is 16.3. The highest BCUT2D eigenvalue weighted by Gasteiger charge is 2.07. The molecule has 1 aromatic heterocycles. The van der Waals surface area contributed by atoms with E-state index in [0.717, 1.165) is 16.7 Å². The number of benzene rings is 1. The molecule has 90 valence electrons. The summed E-state index contributed by atoms with van der Waals surface area (Å²) >= 11 is 0. The molecule has 1 amide bonds. The van der Waals surface area contributed by atoms with E-state index in [1.54, 1.807) is 0 Å². The third-order valence-electron chi connectivity index (χ3n) is 2.55. The van der Waals surface area contributed by atoms with Gasteiger partial charge in [0.2, 0.25) is 5.91 Å². The Morgan fingerprint density at radius 2 is 2.24 bits per heavy atom. The monoisotopic (exact) mass is 232 g/mol. The lowest BCUT2D eigenvalue weighted by Gasteiger charge is -2.07. The third-order valence-corrected chi connectivity index (χ3v) is 2.55. The molecule has 0 bridgehead atoms. The normalized spacial score (nSPS) is 11.1. The molecular formula is C13H16N2O2. The van der Waals surface area contributed by atoms with Gasteiger partial charge in [-0.25, -0.2) is 4.98 Å². The van der Waals surface area contributed by atoms with Crippen molar-refractivity contribution in [3.8, 4) is 0 Å². The van der Waals surface area contributed by atoms with Crippen LogP contribution in [0.15, 0.2) is 22.6 Å². The molecule has 0 aliphatic rings. The van der Waals surface area contributed by atoms with Crippen LogP contribution in [-0.2, 0) is 11.3 Å². The molecular weight excluding hydrogens is 216 g/mol. The number of hydrogen-bond acceptors (Lipinski definition) is 3. The van der Waals surface area contributed by atoms with Crippen molar-refractivity contribution >= 4 is 17.0 Å². The first-order valence-electron chi connectivity index (χ1n) is 5.70. The summed E-state index contributed by atoms with van der Waals surface area (Å²) in [4.78, 5) is 15.7. The molecule has 4 nitrogen and oxygen atoms in total. The largest absolute Gasteiger partial charge is 0.441 e. The number of carbonyl (C=O) groups is 1. The molecule has 0 spiro atoms. The first kappa shape index (κ1) is 11.6. The van der Waals surface area contributed by atoms with E-state index in [0.29, 0.717) is 12.4 Å². The second-order valence-electron chi connectivity index (χ2n) is 4.41. The van der Waals surface area contributed by atoms with Crippen LogP contribution in [0, 0.1) is 12.8 Å². The summed E-state index contributed by atoms with van der Waals surface area (Å²) in [6, 6.07) is 5.76. The van der Waals surface area contributed by atoms with Crippen molar-refractivity contribution in [1.29, 1.82) is 0 Å². The topological polar surface area (TPSA) is 55.1 Å². The molecule has 0 radical (unpaired) electrons. The lowest BCUT2D eigenvalue weighted by atomic mass is 10.2. The number of carbonyl (C=O) groups excluding carboxylic acids is 1. The molecule has 17 heavy (non-hydrogen) atoms. The van der Waals surface area contributed by atoms with Gasteiger partial charge in [0.1, 0.15) is 5.52 Å². The van der Waals surface area contributed by atoms with Gasteiger partial charge in [-0.1, -0.05) is 19.9 Å². The lowest BCUT2D eigenvalue weighted by molar-refractivity contribution is -0.124. The fourth-order valence-corrected chi connectivity index (χ4v) is 1.59. The Hall–Kier alpha value is -1.84. The molecule has 0 atom stereocenters. The first-order chi connectivity index (χ1) is 8.06. The Bertz CT molecular complexity index is 543. The van der Waals surface area contributed by atoms with E-state index in [-0.39, 0.29) is 11.8 Å². The first-order valence-corrected chi connectivity index (χ1v) is 5.70. The molecule has 2 rings (SSSR count). The molecule has 0 unspecified atom stereocenters. The Kier molecular flexibility index (Phi) is 3.13. The summed E-state index contributed by atoms with van der Waals surface area (Å²) in [5.41, 5.74) is 2.64. The highest BCUT2D eigenvalue weighted by Crippen LogP contribution is 2.16.